The van der Waals surface area contributed by atoms with Gasteiger partial charge >= 0.3 is 12.4 Å². The third-order valence-corrected chi connectivity index (χ3v) is 8.88. The highest BCUT2D eigenvalue weighted by Crippen LogP contribution is 2.36. The number of hydrogen-bond donors (Lipinski definition) is 1. The monoisotopic (exact) mass is 662 g/mol. The summed E-state index contributed by atoms with van der Waals surface area (Å²) in [6, 6.07) is 18.8. The van der Waals surface area contributed by atoms with Crippen molar-refractivity contribution in [2.75, 3.05) is 24.3 Å². The molecular formula is C34H33F3N6O3S. The molecule has 2 aliphatic rings. The molecule has 0 saturated carbocycles. The lowest BCUT2D eigenvalue weighted by Gasteiger charge is -2.23. The first-order valence-corrected chi connectivity index (χ1v) is 16.1. The van der Waals surface area contributed by atoms with Crippen LogP contribution in [0.3, 0.4) is 0 Å². The molecule has 1 fully saturated rings. The number of rotatable bonds is 8. The highest BCUT2D eigenvalue weighted by atomic mass is 32.2. The molecule has 47 heavy (non-hydrogen) atoms. The van der Waals surface area contributed by atoms with Gasteiger partial charge in [0.1, 0.15) is 17.8 Å². The molecule has 9 nitrogen and oxygen atoms in total. The van der Waals surface area contributed by atoms with Crippen LogP contribution in [0.5, 0.6) is 11.5 Å². The van der Waals surface area contributed by atoms with E-state index in [0.717, 1.165) is 65.4 Å². The van der Waals surface area contributed by atoms with Crippen LogP contribution in [-0.2, 0) is 0 Å². The van der Waals surface area contributed by atoms with Crippen LogP contribution >= 0.6 is 11.8 Å². The van der Waals surface area contributed by atoms with Gasteiger partial charge in [0.15, 0.2) is 11.0 Å². The Labute approximate surface area is 274 Å². The molecule has 1 aromatic heterocycles. The van der Waals surface area contributed by atoms with Crippen molar-refractivity contribution in [2.45, 2.75) is 45.4 Å². The van der Waals surface area contributed by atoms with Gasteiger partial charge in [0.05, 0.1) is 12.8 Å². The number of hydrogen-bond acceptors (Lipinski definition) is 6. The third kappa shape index (κ3) is 7.46. The minimum atomic E-state index is -4.75. The largest absolute Gasteiger partial charge is 0.573 e. The number of nitrogens with zero attached hydrogens (tertiary/aromatic N) is 5. The minimum Gasteiger partial charge on any atom is -0.497 e. The normalized spacial score (nSPS) is 16.0. The van der Waals surface area contributed by atoms with Gasteiger partial charge in [0, 0.05) is 35.3 Å². The summed E-state index contributed by atoms with van der Waals surface area (Å²) in [6.45, 7) is 5.04. The Morgan fingerprint density at radius 1 is 1.00 bits per heavy atom. The Kier molecular flexibility index (Phi) is 9.26. The van der Waals surface area contributed by atoms with Crippen molar-refractivity contribution < 1.29 is 27.4 Å². The van der Waals surface area contributed by atoms with E-state index in [1.807, 2.05) is 36.4 Å². The number of halogens is 3. The summed E-state index contributed by atoms with van der Waals surface area (Å²) >= 11 is 1.56. The number of amides is 2. The van der Waals surface area contributed by atoms with E-state index in [-0.39, 0.29) is 5.75 Å². The van der Waals surface area contributed by atoms with Gasteiger partial charge in [-0.1, -0.05) is 55.9 Å². The predicted molar refractivity (Wildman–Crippen MR) is 177 cm³/mol. The number of benzene rings is 3. The van der Waals surface area contributed by atoms with Crippen LogP contribution < -0.4 is 19.7 Å². The lowest BCUT2D eigenvalue weighted by Crippen LogP contribution is -2.28. The van der Waals surface area contributed by atoms with Crippen molar-refractivity contribution in [1.29, 1.82) is 0 Å². The van der Waals surface area contributed by atoms with E-state index in [1.165, 1.54) is 40.8 Å². The summed E-state index contributed by atoms with van der Waals surface area (Å²) < 4.78 is 48.3. The molecule has 6 rings (SSSR count). The number of carbonyl (C=O) groups excluding carboxylic acids is 1. The van der Waals surface area contributed by atoms with E-state index in [1.54, 1.807) is 18.9 Å². The number of anilines is 1. The second-order valence-electron chi connectivity index (χ2n) is 11.3. The van der Waals surface area contributed by atoms with Crippen molar-refractivity contribution in [3.8, 4) is 28.6 Å². The molecule has 1 aliphatic heterocycles. The summed E-state index contributed by atoms with van der Waals surface area (Å²) in [6.07, 6.45) is -0.759. The number of amidine groups is 1. The fraction of sp³-hybridized carbons (Fsp3) is 0.294. The second-order valence-corrected chi connectivity index (χ2v) is 12.4. The number of allylic oxidation sites excluding steroid dienone is 2. The number of alkyl halides is 3. The molecule has 0 bridgehead atoms. The average molecular weight is 663 g/mol. The average Bonchev–Trinajstić information content (AvgIpc) is 3.82. The SMILES string of the molecule is COc1ccc(C(C)C)c(N2CCS/C2=N\C(=O)NC2=C(c3ccc(-c4ncn(-c5ccc(OC(F)(F)F)cc5)n4)cc3)CCC2)c1. The molecule has 0 atom stereocenters. The van der Waals surface area contributed by atoms with E-state index < -0.39 is 12.4 Å². The molecule has 4 aromatic rings. The van der Waals surface area contributed by atoms with Crippen LogP contribution in [0.4, 0.5) is 23.7 Å². The summed E-state index contributed by atoms with van der Waals surface area (Å²) in [7, 11) is 1.65. The Morgan fingerprint density at radius 2 is 1.72 bits per heavy atom. The van der Waals surface area contributed by atoms with Crippen molar-refractivity contribution >= 4 is 34.2 Å². The fourth-order valence-electron chi connectivity index (χ4n) is 5.68. The van der Waals surface area contributed by atoms with Crippen LogP contribution in [0.25, 0.3) is 22.6 Å². The van der Waals surface area contributed by atoms with Crippen molar-refractivity contribution in [2.24, 2.45) is 4.99 Å². The van der Waals surface area contributed by atoms with E-state index in [2.05, 4.69) is 49.9 Å². The second kappa shape index (κ2) is 13.5. The Morgan fingerprint density at radius 3 is 2.43 bits per heavy atom. The van der Waals surface area contributed by atoms with Gasteiger partial charge in [-0.05, 0) is 72.2 Å². The molecular weight excluding hydrogens is 629 g/mol. The van der Waals surface area contributed by atoms with E-state index in [4.69, 9.17) is 4.74 Å². The van der Waals surface area contributed by atoms with Gasteiger partial charge in [-0.3, -0.25) is 0 Å². The first-order valence-electron chi connectivity index (χ1n) is 15.2. The standard InChI is InChI=1S/C34H33F3N6O3S/c1-21(2)27-16-15-26(45-3)19-30(27)42-17-18-47-33(42)40-32(44)39-29-6-4-5-28(29)22-7-9-23(10-8-22)31-38-20-43(41-31)24-11-13-25(14-12-24)46-34(35,36)37/h7-16,19-21H,4-6,17-18H2,1-3H3,(H,39,44)/b40-33-. The summed E-state index contributed by atoms with van der Waals surface area (Å²) in [4.78, 5) is 24.2. The fourth-order valence-corrected chi connectivity index (χ4v) is 6.62. The molecule has 244 valence electrons. The molecule has 0 unspecified atom stereocenters. The van der Waals surface area contributed by atoms with Crippen LogP contribution in [0.1, 0.15) is 50.2 Å². The van der Waals surface area contributed by atoms with Gasteiger partial charge in [-0.2, -0.15) is 4.99 Å². The molecule has 0 radical (unpaired) electrons. The topological polar surface area (TPSA) is 93.9 Å². The lowest BCUT2D eigenvalue weighted by atomic mass is 10.00. The minimum absolute atomic E-state index is 0.295. The molecule has 1 aliphatic carbocycles. The number of methoxy groups -OCH3 is 1. The first kappa shape index (κ1) is 32.2. The summed E-state index contributed by atoms with van der Waals surface area (Å²) in [5.74, 6) is 2.04. The number of carbonyl (C=O) groups is 1. The van der Waals surface area contributed by atoms with Crippen LogP contribution in [-0.4, -0.2) is 51.7 Å². The Bertz CT molecular complexity index is 1820. The van der Waals surface area contributed by atoms with E-state index in [9.17, 15) is 18.0 Å². The molecule has 1 N–H and O–H groups in total. The van der Waals surface area contributed by atoms with Gasteiger partial charge in [0.2, 0.25) is 0 Å². The lowest BCUT2D eigenvalue weighted by molar-refractivity contribution is -0.274. The van der Waals surface area contributed by atoms with Crippen molar-refractivity contribution in [3.63, 3.8) is 0 Å². The van der Waals surface area contributed by atoms with E-state index in [0.29, 0.717) is 22.6 Å². The maximum absolute atomic E-state index is 13.2. The number of ether oxygens (including phenoxy) is 2. The smallest absolute Gasteiger partial charge is 0.497 e. The van der Waals surface area contributed by atoms with Gasteiger partial charge in [-0.25, -0.2) is 14.5 Å². The maximum Gasteiger partial charge on any atom is 0.573 e. The zero-order valence-electron chi connectivity index (χ0n) is 26.0. The van der Waals surface area contributed by atoms with Crippen LogP contribution in [0.15, 0.2) is 83.7 Å². The number of aromatic nitrogens is 3. The quantitative estimate of drug-likeness (QED) is 0.203. The highest BCUT2D eigenvalue weighted by molar-refractivity contribution is 8.14. The van der Waals surface area contributed by atoms with E-state index >= 15 is 0 Å². The number of thioether (sulfide) groups is 1. The molecule has 13 heteroatoms. The van der Waals surface area contributed by atoms with Gasteiger partial charge in [0.25, 0.3) is 0 Å². The molecule has 2 amide bonds. The molecule has 3 aromatic carbocycles. The van der Waals surface area contributed by atoms with Crippen LogP contribution in [0.2, 0.25) is 0 Å². The number of urea groups is 1. The first-order chi connectivity index (χ1) is 22.6. The zero-order chi connectivity index (χ0) is 33.1. The maximum atomic E-state index is 13.2. The highest BCUT2D eigenvalue weighted by Gasteiger charge is 2.31. The summed E-state index contributed by atoms with van der Waals surface area (Å²) in [5, 5.41) is 8.21. The van der Waals surface area contributed by atoms with Crippen LogP contribution in [0, 0.1) is 0 Å². The molecule has 0 spiro atoms. The number of aliphatic imine (C=N–C) groups is 1. The third-order valence-electron chi connectivity index (χ3n) is 7.92. The zero-order valence-corrected chi connectivity index (χ0v) is 26.9. The number of nitrogens with one attached hydrogen (secondary N) is 1. The summed E-state index contributed by atoms with van der Waals surface area (Å²) in [5.41, 5.74) is 6.41. The Hall–Kier alpha value is -4.78. The van der Waals surface area contributed by atoms with Crippen molar-refractivity contribution in [3.05, 3.63) is 89.9 Å². The van der Waals surface area contributed by atoms with Gasteiger partial charge < -0.3 is 19.7 Å². The Balaban J connectivity index is 1.15. The molecule has 2 heterocycles. The predicted octanol–water partition coefficient (Wildman–Crippen LogP) is 8.18. The van der Waals surface area contributed by atoms with Crippen molar-refractivity contribution in [1.82, 2.24) is 20.1 Å². The van der Waals surface area contributed by atoms with Gasteiger partial charge in [-0.15, -0.1) is 18.3 Å². The molecule has 1 saturated heterocycles.